The minimum atomic E-state index is 0.184. The molecular formula is C54H28B5N3O. The third kappa shape index (κ3) is 4.99. The molecule has 280 valence electrons. The van der Waals surface area contributed by atoms with Gasteiger partial charge in [0.05, 0.1) is 44.2 Å². The first-order chi connectivity index (χ1) is 30.9. The Morgan fingerprint density at radius 3 is 1.30 bits per heavy atom. The molecule has 0 unspecified atom stereocenters. The lowest BCUT2D eigenvalue weighted by Crippen LogP contribution is -2.55. The molecule has 13 aromatic rings. The van der Waals surface area contributed by atoms with Crippen molar-refractivity contribution in [3.63, 3.8) is 0 Å². The van der Waals surface area contributed by atoms with E-state index in [4.69, 9.17) is 43.6 Å². The van der Waals surface area contributed by atoms with Crippen LogP contribution in [-0.4, -0.2) is 52.9 Å². The lowest BCUT2D eigenvalue weighted by atomic mass is 9.59. The van der Waals surface area contributed by atoms with E-state index in [0.717, 1.165) is 77.4 Å². The fourth-order valence-electron chi connectivity index (χ4n) is 10.2. The number of para-hydroxylation sites is 4. The summed E-state index contributed by atoms with van der Waals surface area (Å²) in [7, 11) is 31.9. The molecule has 0 saturated heterocycles. The Bertz CT molecular complexity index is 4030. The largest absolute Gasteiger partial charge is 0.456 e. The Morgan fingerprint density at radius 2 is 0.762 bits per heavy atom. The van der Waals surface area contributed by atoms with Crippen molar-refractivity contribution in [2.24, 2.45) is 0 Å². The predicted octanol–water partition coefficient (Wildman–Crippen LogP) is 8.51. The first-order valence-electron chi connectivity index (χ1n) is 20.9. The third-order valence-electron chi connectivity index (χ3n) is 13.1. The minimum absolute atomic E-state index is 0.184. The highest BCUT2D eigenvalue weighted by atomic mass is 16.3. The van der Waals surface area contributed by atoms with Gasteiger partial charge in [-0.2, -0.15) is 0 Å². The van der Waals surface area contributed by atoms with E-state index < -0.39 is 0 Å². The van der Waals surface area contributed by atoms with Gasteiger partial charge in [-0.15, -0.1) is 16.4 Å². The second-order valence-electron chi connectivity index (χ2n) is 16.4. The van der Waals surface area contributed by atoms with E-state index in [1.165, 1.54) is 32.6 Å². The summed E-state index contributed by atoms with van der Waals surface area (Å²) in [6, 6.07) is 60.4. The van der Waals surface area contributed by atoms with Gasteiger partial charge >= 0.3 is 0 Å². The Hall–Kier alpha value is -7.50. The zero-order valence-corrected chi connectivity index (χ0v) is 33.8. The number of furan rings is 1. The molecule has 0 amide bonds. The van der Waals surface area contributed by atoms with Crippen molar-refractivity contribution in [3.05, 3.63) is 170 Å². The summed E-state index contributed by atoms with van der Waals surface area (Å²) in [5, 5.41) is 9.01. The van der Waals surface area contributed by atoms with Crippen LogP contribution in [-0.2, 0) is 0 Å². The number of hydrogen-bond acceptors (Lipinski definition) is 1. The molecule has 4 heterocycles. The molecule has 4 nitrogen and oxygen atoms in total. The molecule has 0 aliphatic carbocycles. The van der Waals surface area contributed by atoms with Crippen molar-refractivity contribution in [3.8, 4) is 28.2 Å². The van der Waals surface area contributed by atoms with Gasteiger partial charge in [-0.1, -0.05) is 95.9 Å². The second-order valence-corrected chi connectivity index (χ2v) is 16.4. The smallest absolute Gasteiger partial charge is 0.137 e. The van der Waals surface area contributed by atoms with E-state index in [1.54, 1.807) is 0 Å². The third-order valence-corrected chi connectivity index (χ3v) is 13.1. The number of nitrogens with zero attached hydrogens (tertiary/aromatic N) is 3. The van der Waals surface area contributed by atoms with Crippen molar-refractivity contribution >= 4 is 154 Å². The van der Waals surface area contributed by atoms with Gasteiger partial charge in [0, 0.05) is 49.1 Å². The Morgan fingerprint density at radius 1 is 0.317 bits per heavy atom. The first-order valence-corrected chi connectivity index (χ1v) is 20.9. The summed E-state index contributed by atoms with van der Waals surface area (Å²) in [6.45, 7) is 0. The maximum atomic E-state index is 6.55. The molecule has 10 radical (unpaired) electrons. The van der Waals surface area contributed by atoms with Crippen LogP contribution in [0.4, 0.5) is 0 Å². The van der Waals surface area contributed by atoms with E-state index in [9.17, 15) is 0 Å². The minimum Gasteiger partial charge on any atom is -0.456 e. The molecule has 0 saturated carbocycles. The lowest BCUT2D eigenvalue weighted by Gasteiger charge is -2.21. The molecule has 0 bridgehead atoms. The van der Waals surface area contributed by atoms with Gasteiger partial charge in [-0.05, 0) is 96.1 Å². The van der Waals surface area contributed by atoms with Crippen LogP contribution >= 0.6 is 0 Å². The van der Waals surface area contributed by atoms with Crippen molar-refractivity contribution in [2.75, 3.05) is 0 Å². The Labute approximate surface area is 368 Å². The van der Waals surface area contributed by atoms with Crippen molar-refractivity contribution < 1.29 is 4.42 Å². The number of hydrogen-bond donors (Lipinski definition) is 0. The number of aromatic nitrogens is 3. The molecule has 9 heteroatoms. The van der Waals surface area contributed by atoms with Gasteiger partial charge in [-0.3, -0.25) is 0 Å². The van der Waals surface area contributed by atoms with Crippen molar-refractivity contribution in [2.45, 2.75) is 0 Å². The van der Waals surface area contributed by atoms with Gasteiger partial charge < -0.3 is 18.1 Å². The first kappa shape index (κ1) is 36.2. The van der Waals surface area contributed by atoms with Gasteiger partial charge in [0.2, 0.25) is 0 Å². The molecule has 0 aliphatic heterocycles. The monoisotopic (exact) mass is 789 g/mol. The molecule has 0 spiro atoms. The van der Waals surface area contributed by atoms with Crippen LogP contribution in [0.3, 0.4) is 0 Å². The van der Waals surface area contributed by atoms with Crippen LogP contribution in [0.25, 0.3) is 116 Å². The molecule has 0 fully saturated rings. The van der Waals surface area contributed by atoms with Crippen LogP contribution in [0, 0.1) is 0 Å². The summed E-state index contributed by atoms with van der Waals surface area (Å²) >= 11 is 0. The SMILES string of the molecule is [B]c1c([B])c([B])c(-c2ccc3oc4cccc(-n5c6ccccc6c6cc(-n7c8ccccc8c8cc(-n9c%10ccccc%10c%10ccccc%109)ccc87)ccc65)c4c3c2)c([B])c1[B]. The van der Waals surface area contributed by atoms with Crippen LogP contribution in [0.2, 0.25) is 0 Å². The lowest BCUT2D eigenvalue weighted by molar-refractivity contribution is 0.669. The summed E-state index contributed by atoms with van der Waals surface area (Å²) in [4.78, 5) is 0. The second kappa shape index (κ2) is 13.3. The Kier molecular flexibility index (Phi) is 7.61. The predicted molar refractivity (Wildman–Crippen MR) is 269 cm³/mol. The molecule has 9 aromatic carbocycles. The molecule has 0 N–H and O–H groups in total. The van der Waals surface area contributed by atoms with Gasteiger partial charge in [0.15, 0.2) is 0 Å². The molecule has 0 aliphatic rings. The highest BCUT2D eigenvalue weighted by Crippen LogP contribution is 2.42. The van der Waals surface area contributed by atoms with E-state index in [2.05, 4.69) is 153 Å². The van der Waals surface area contributed by atoms with E-state index in [1.807, 2.05) is 30.3 Å². The van der Waals surface area contributed by atoms with Crippen LogP contribution in [0.15, 0.2) is 174 Å². The van der Waals surface area contributed by atoms with Crippen LogP contribution < -0.4 is 27.3 Å². The quantitative estimate of drug-likeness (QED) is 0.165. The zero-order valence-electron chi connectivity index (χ0n) is 33.8. The summed E-state index contributed by atoms with van der Waals surface area (Å²) in [6.07, 6.45) is 0. The average molecular weight is 789 g/mol. The summed E-state index contributed by atoms with van der Waals surface area (Å²) in [5.41, 5.74) is 14.0. The van der Waals surface area contributed by atoms with E-state index in [-0.39, 0.29) is 27.3 Å². The van der Waals surface area contributed by atoms with E-state index >= 15 is 0 Å². The fourth-order valence-corrected chi connectivity index (χ4v) is 10.2. The zero-order chi connectivity index (χ0) is 42.2. The number of benzene rings is 9. The number of fused-ring (bicyclic) bond motifs is 12. The molecule has 4 aromatic heterocycles. The van der Waals surface area contributed by atoms with Gasteiger partial charge in [0.1, 0.15) is 50.4 Å². The maximum Gasteiger partial charge on any atom is 0.137 e. The Balaban J connectivity index is 1.02. The van der Waals surface area contributed by atoms with Gasteiger partial charge in [0.25, 0.3) is 0 Å². The van der Waals surface area contributed by atoms with E-state index in [0.29, 0.717) is 5.56 Å². The molecular weight excluding hydrogens is 761 g/mol. The average Bonchev–Trinajstić information content (AvgIpc) is 4.06. The molecule has 0 atom stereocenters. The highest BCUT2D eigenvalue weighted by molar-refractivity contribution is 6.68. The molecule has 13 rings (SSSR count). The fraction of sp³-hybridized carbons (Fsp3) is 0. The maximum absolute atomic E-state index is 6.55. The van der Waals surface area contributed by atoms with Crippen LogP contribution in [0.1, 0.15) is 0 Å². The highest BCUT2D eigenvalue weighted by Gasteiger charge is 2.22. The summed E-state index contributed by atoms with van der Waals surface area (Å²) < 4.78 is 13.6. The number of rotatable bonds is 4. The summed E-state index contributed by atoms with van der Waals surface area (Å²) in [5.74, 6) is 0. The van der Waals surface area contributed by atoms with Crippen LogP contribution in [0.5, 0.6) is 0 Å². The van der Waals surface area contributed by atoms with Gasteiger partial charge in [-0.25, -0.2) is 0 Å². The van der Waals surface area contributed by atoms with Crippen molar-refractivity contribution in [1.82, 2.24) is 13.7 Å². The molecule has 63 heavy (non-hydrogen) atoms. The normalized spacial score (nSPS) is 12.1. The topological polar surface area (TPSA) is 27.9 Å². The standard InChI is InChI=1S/C54H28B5N3O/c55-50-48(51(56)53(58)54(59)52(50)57)29-20-25-46-38(26-29)49-45(18-9-19-47(49)63-46)62-42-17-8-4-13-35(42)37-28-31(22-24-44(37)62)61-41-16-7-3-12-34(41)36-27-30(21-23-43(36)61)60-39-14-5-1-10-32(39)33-11-2-6-15-40(33)60/h1-28H. The van der Waals surface area contributed by atoms with Crippen molar-refractivity contribution in [1.29, 1.82) is 0 Å².